The molecular formula is C26H24FN5. The van der Waals surface area contributed by atoms with Crippen molar-refractivity contribution in [2.24, 2.45) is 13.0 Å². The van der Waals surface area contributed by atoms with E-state index < -0.39 is 0 Å². The molecule has 1 saturated heterocycles. The van der Waals surface area contributed by atoms with Crippen LogP contribution < -0.4 is 5.32 Å². The Kier molecular flexibility index (Phi) is 4.54. The standard InChI is InChI=1S/C26H24FN5/c1-31-23-6-5-19(11-20(23)14-30-31)26-25(18-3-2-4-21(27)12-18)22-8-10-32(24(22)15-29-26)16-17-7-9-28-13-17/h2-6,8,10-12,14-15,17,28H,7,9,13,16H2,1H3/t17-/m1/s1. The maximum atomic E-state index is 14.2. The molecule has 4 heterocycles. The lowest BCUT2D eigenvalue weighted by atomic mass is 9.95. The van der Waals surface area contributed by atoms with Gasteiger partial charge in [-0.15, -0.1) is 0 Å². The molecule has 0 radical (unpaired) electrons. The van der Waals surface area contributed by atoms with Crippen LogP contribution in [0.3, 0.4) is 0 Å². The second kappa shape index (κ2) is 7.57. The number of pyridine rings is 1. The van der Waals surface area contributed by atoms with Crippen LogP contribution in [-0.2, 0) is 13.6 Å². The molecule has 0 saturated carbocycles. The van der Waals surface area contributed by atoms with Crippen molar-refractivity contribution in [3.63, 3.8) is 0 Å². The summed E-state index contributed by atoms with van der Waals surface area (Å²) in [6.45, 7) is 3.09. The molecular weight excluding hydrogens is 401 g/mol. The number of nitrogens with zero attached hydrogens (tertiary/aromatic N) is 4. The van der Waals surface area contributed by atoms with E-state index in [1.165, 1.54) is 12.5 Å². The van der Waals surface area contributed by atoms with E-state index in [0.29, 0.717) is 5.92 Å². The van der Waals surface area contributed by atoms with Crippen LogP contribution in [0, 0.1) is 11.7 Å². The second-order valence-electron chi connectivity index (χ2n) is 8.66. The predicted molar refractivity (Wildman–Crippen MR) is 126 cm³/mol. The van der Waals surface area contributed by atoms with Crippen LogP contribution in [0.2, 0.25) is 0 Å². The summed E-state index contributed by atoms with van der Waals surface area (Å²) in [6, 6.07) is 15.2. The van der Waals surface area contributed by atoms with Gasteiger partial charge in [0.1, 0.15) is 5.82 Å². The molecule has 0 spiro atoms. The first-order chi connectivity index (χ1) is 15.7. The molecule has 1 fully saturated rings. The molecule has 0 aliphatic carbocycles. The molecule has 0 amide bonds. The van der Waals surface area contributed by atoms with Crippen molar-refractivity contribution in [1.29, 1.82) is 0 Å². The smallest absolute Gasteiger partial charge is 0.123 e. The SMILES string of the molecule is Cn1ncc2cc(-c3ncc4c(ccn4C[C@@H]4CCNC4)c3-c3cccc(F)c3)ccc21. The Morgan fingerprint density at radius 3 is 2.84 bits per heavy atom. The van der Waals surface area contributed by atoms with Crippen LogP contribution in [0.15, 0.2) is 67.1 Å². The van der Waals surface area contributed by atoms with Gasteiger partial charge in [0.05, 0.1) is 29.1 Å². The molecule has 1 aliphatic heterocycles. The first-order valence-corrected chi connectivity index (χ1v) is 11.0. The number of aromatic nitrogens is 4. The molecule has 32 heavy (non-hydrogen) atoms. The molecule has 5 aromatic rings. The van der Waals surface area contributed by atoms with E-state index >= 15 is 0 Å². The Hall–Kier alpha value is -3.51. The van der Waals surface area contributed by atoms with Gasteiger partial charge in [-0.3, -0.25) is 9.67 Å². The van der Waals surface area contributed by atoms with Gasteiger partial charge in [0.15, 0.2) is 0 Å². The van der Waals surface area contributed by atoms with Crippen molar-refractivity contribution in [1.82, 2.24) is 24.6 Å². The lowest BCUT2D eigenvalue weighted by molar-refractivity contribution is 0.491. The Bertz CT molecular complexity index is 1440. The Morgan fingerprint density at radius 1 is 1.06 bits per heavy atom. The first-order valence-electron chi connectivity index (χ1n) is 11.0. The molecule has 160 valence electrons. The molecule has 1 aliphatic rings. The van der Waals surface area contributed by atoms with Gasteiger partial charge in [-0.1, -0.05) is 18.2 Å². The third-order valence-corrected chi connectivity index (χ3v) is 6.58. The summed E-state index contributed by atoms with van der Waals surface area (Å²) in [5.41, 5.74) is 5.81. The minimum absolute atomic E-state index is 0.246. The highest BCUT2D eigenvalue weighted by Gasteiger charge is 2.19. The maximum Gasteiger partial charge on any atom is 0.123 e. The van der Waals surface area contributed by atoms with Gasteiger partial charge in [-0.05, 0) is 61.3 Å². The van der Waals surface area contributed by atoms with Crippen LogP contribution in [-0.4, -0.2) is 32.4 Å². The zero-order valence-electron chi connectivity index (χ0n) is 17.9. The summed E-state index contributed by atoms with van der Waals surface area (Å²) < 4.78 is 18.4. The van der Waals surface area contributed by atoms with Gasteiger partial charge < -0.3 is 9.88 Å². The van der Waals surface area contributed by atoms with Crippen LogP contribution >= 0.6 is 0 Å². The highest BCUT2D eigenvalue weighted by molar-refractivity contribution is 6.02. The zero-order valence-corrected chi connectivity index (χ0v) is 17.9. The lowest BCUT2D eigenvalue weighted by Gasteiger charge is -2.14. The number of fused-ring (bicyclic) bond motifs is 2. The van der Waals surface area contributed by atoms with Gasteiger partial charge in [0.25, 0.3) is 0 Å². The summed E-state index contributed by atoms with van der Waals surface area (Å²) in [5.74, 6) is 0.375. The van der Waals surface area contributed by atoms with Gasteiger partial charge >= 0.3 is 0 Å². The van der Waals surface area contributed by atoms with Crippen LogP contribution in [0.25, 0.3) is 44.2 Å². The van der Waals surface area contributed by atoms with Gasteiger partial charge in [-0.2, -0.15) is 5.10 Å². The number of benzene rings is 2. The van der Waals surface area contributed by atoms with E-state index in [2.05, 4.69) is 45.4 Å². The fourth-order valence-electron chi connectivity index (χ4n) is 4.93. The summed E-state index contributed by atoms with van der Waals surface area (Å²) in [4.78, 5) is 4.92. The average molecular weight is 426 g/mol. The fraction of sp³-hybridized carbons (Fsp3) is 0.231. The molecule has 6 heteroatoms. The van der Waals surface area contributed by atoms with E-state index in [4.69, 9.17) is 4.98 Å². The molecule has 1 atom stereocenters. The van der Waals surface area contributed by atoms with E-state index in [1.807, 2.05) is 30.2 Å². The number of hydrogen-bond acceptors (Lipinski definition) is 3. The van der Waals surface area contributed by atoms with Gasteiger partial charge in [-0.25, -0.2) is 4.39 Å². The maximum absolute atomic E-state index is 14.2. The molecule has 2 aromatic carbocycles. The van der Waals surface area contributed by atoms with E-state index in [9.17, 15) is 4.39 Å². The van der Waals surface area contributed by atoms with Crippen molar-refractivity contribution < 1.29 is 4.39 Å². The number of nitrogens with one attached hydrogen (secondary N) is 1. The monoisotopic (exact) mass is 425 g/mol. The Labute approximate surface area is 185 Å². The number of aryl methyl sites for hydroxylation is 1. The van der Waals surface area contributed by atoms with Crippen molar-refractivity contribution >= 4 is 21.8 Å². The van der Waals surface area contributed by atoms with Crippen LogP contribution in [0.4, 0.5) is 4.39 Å². The van der Waals surface area contributed by atoms with E-state index in [1.54, 1.807) is 12.1 Å². The Morgan fingerprint density at radius 2 is 2.00 bits per heavy atom. The third-order valence-electron chi connectivity index (χ3n) is 6.58. The molecule has 6 rings (SSSR count). The highest BCUT2D eigenvalue weighted by atomic mass is 19.1. The fourth-order valence-corrected chi connectivity index (χ4v) is 4.93. The van der Waals surface area contributed by atoms with Crippen molar-refractivity contribution in [2.75, 3.05) is 13.1 Å². The summed E-state index contributed by atoms with van der Waals surface area (Å²) in [6.07, 6.45) is 7.16. The average Bonchev–Trinajstić information content (AvgIpc) is 3.55. The second-order valence-corrected chi connectivity index (χ2v) is 8.66. The van der Waals surface area contributed by atoms with Crippen molar-refractivity contribution in [3.05, 3.63) is 72.9 Å². The lowest BCUT2D eigenvalue weighted by Crippen LogP contribution is -2.14. The molecule has 5 nitrogen and oxygen atoms in total. The summed E-state index contributed by atoms with van der Waals surface area (Å²) >= 11 is 0. The number of rotatable bonds is 4. The van der Waals surface area contributed by atoms with Crippen LogP contribution in [0.5, 0.6) is 0 Å². The molecule has 0 unspecified atom stereocenters. The molecule has 0 bridgehead atoms. The normalized spacial score (nSPS) is 16.4. The first kappa shape index (κ1) is 19.2. The predicted octanol–water partition coefficient (Wildman–Crippen LogP) is 5.01. The van der Waals surface area contributed by atoms with Gasteiger partial charge in [0, 0.05) is 41.7 Å². The highest BCUT2D eigenvalue weighted by Crippen LogP contribution is 2.38. The van der Waals surface area contributed by atoms with Crippen LogP contribution in [0.1, 0.15) is 6.42 Å². The minimum atomic E-state index is -0.246. The Balaban J connectivity index is 1.56. The molecule has 3 aromatic heterocycles. The number of halogens is 1. The van der Waals surface area contributed by atoms with E-state index in [-0.39, 0.29) is 5.82 Å². The van der Waals surface area contributed by atoms with Crippen molar-refractivity contribution in [3.8, 4) is 22.4 Å². The zero-order chi connectivity index (χ0) is 21.7. The number of hydrogen-bond donors (Lipinski definition) is 1. The topological polar surface area (TPSA) is 47.7 Å². The minimum Gasteiger partial charge on any atom is -0.346 e. The summed E-state index contributed by atoms with van der Waals surface area (Å²) in [7, 11) is 1.94. The summed E-state index contributed by atoms with van der Waals surface area (Å²) in [5, 5.41) is 9.96. The third kappa shape index (κ3) is 3.19. The largest absolute Gasteiger partial charge is 0.346 e. The quantitative estimate of drug-likeness (QED) is 0.441. The van der Waals surface area contributed by atoms with E-state index in [0.717, 1.165) is 63.8 Å². The molecule has 1 N–H and O–H groups in total. The van der Waals surface area contributed by atoms with Gasteiger partial charge in [0.2, 0.25) is 0 Å². The van der Waals surface area contributed by atoms with Crippen molar-refractivity contribution in [2.45, 2.75) is 13.0 Å².